The Morgan fingerprint density at radius 3 is 2.57 bits per heavy atom. The summed E-state index contributed by atoms with van der Waals surface area (Å²) in [7, 11) is 3.73. The molecule has 0 unspecified atom stereocenters. The fraction of sp³-hybridized carbons (Fsp3) is 0.353. The molecule has 0 aliphatic carbocycles. The van der Waals surface area contributed by atoms with E-state index in [1.807, 2.05) is 61.5 Å². The third-order valence-corrected chi connectivity index (χ3v) is 4.55. The van der Waals surface area contributed by atoms with E-state index in [9.17, 15) is 4.79 Å². The molecule has 0 fully saturated rings. The Balaban J connectivity index is 1.69. The number of carbonyl (C=O) groups excluding carboxylic acids is 1. The Bertz CT molecular complexity index is 618. The molecule has 0 spiro atoms. The molecular weight excluding hydrogens is 332 g/mol. The second kappa shape index (κ2) is 8.91. The number of para-hydroxylation sites is 1. The number of carbonyl (C=O) groups is 1. The van der Waals surface area contributed by atoms with Crippen LogP contribution >= 0.6 is 22.9 Å². The molecule has 23 heavy (non-hydrogen) atoms. The van der Waals surface area contributed by atoms with Gasteiger partial charge in [0.05, 0.1) is 17.4 Å². The van der Waals surface area contributed by atoms with Crippen LogP contribution in [0.1, 0.15) is 4.88 Å². The van der Waals surface area contributed by atoms with Crippen LogP contribution in [0.2, 0.25) is 4.34 Å². The maximum absolute atomic E-state index is 12.2. The maximum Gasteiger partial charge on any atom is 0.236 e. The number of hydrogen-bond donors (Lipinski definition) is 0. The van der Waals surface area contributed by atoms with E-state index in [4.69, 9.17) is 16.3 Å². The molecule has 1 amide bonds. The molecule has 0 bridgehead atoms. The first-order valence-electron chi connectivity index (χ1n) is 7.39. The molecule has 0 aliphatic heterocycles. The van der Waals surface area contributed by atoms with Crippen LogP contribution in [0, 0.1) is 0 Å². The van der Waals surface area contributed by atoms with Crippen molar-refractivity contribution < 1.29 is 9.53 Å². The molecule has 6 heteroatoms. The Kier molecular flexibility index (Phi) is 6.89. The molecule has 1 heterocycles. The van der Waals surface area contributed by atoms with Crippen molar-refractivity contribution in [2.24, 2.45) is 0 Å². The van der Waals surface area contributed by atoms with Gasteiger partial charge in [-0.2, -0.15) is 0 Å². The highest BCUT2D eigenvalue weighted by molar-refractivity contribution is 7.16. The summed E-state index contributed by atoms with van der Waals surface area (Å²) in [5.74, 6) is 0.927. The summed E-state index contributed by atoms with van der Waals surface area (Å²) in [5, 5.41) is 0. The van der Waals surface area contributed by atoms with Gasteiger partial charge in [-0.25, -0.2) is 0 Å². The molecular formula is C17H21ClN2O2S. The summed E-state index contributed by atoms with van der Waals surface area (Å²) in [6.07, 6.45) is 0. The van der Waals surface area contributed by atoms with Crippen molar-refractivity contribution in [2.75, 3.05) is 33.8 Å². The molecule has 0 atom stereocenters. The number of nitrogens with zero attached hydrogens (tertiary/aromatic N) is 2. The smallest absolute Gasteiger partial charge is 0.236 e. The van der Waals surface area contributed by atoms with Crippen molar-refractivity contribution in [1.82, 2.24) is 9.80 Å². The number of amides is 1. The van der Waals surface area contributed by atoms with Crippen molar-refractivity contribution in [2.45, 2.75) is 6.54 Å². The van der Waals surface area contributed by atoms with E-state index in [1.165, 1.54) is 11.3 Å². The zero-order chi connectivity index (χ0) is 16.7. The normalized spacial score (nSPS) is 10.8. The number of thiophene rings is 1. The average Bonchev–Trinajstić information content (AvgIpc) is 2.93. The van der Waals surface area contributed by atoms with Gasteiger partial charge in [-0.3, -0.25) is 9.69 Å². The van der Waals surface area contributed by atoms with E-state index >= 15 is 0 Å². The quantitative estimate of drug-likeness (QED) is 0.730. The minimum absolute atomic E-state index is 0.0803. The topological polar surface area (TPSA) is 32.8 Å². The maximum atomic E-state index is 12.2. The van der Waals surface area contributed by atoms with Gasteiger partial charge in [-0.15, -0.1) is 11.3 Å². The highest BCUT2D eigenvalue weighted by atomic mass is 35.5. The molecule has 124 valence electrons. The van der Waals surface area contributed by atoms with Gasteiger partial charge >= 0.3 is 0 Å². The second-order valence-electron chi connectivity index (χ2n) is 5.35. The van der Waals surface area contributed by atoms with Crippen LogP contribution in [0.25, 0.3) is 0 Å². The second-order valence-corrected chi connectivity index (χ2v) is 7.15. The minimum atomic E-state index is 0.0803. The van der Waals surface area contributed by atoms with Crippen molar-refractivity contribution in [3.63, 3.8) is 0 Å². The molecule has 1 aromatic heterocycles. The SMILES string of the molecule is CN(CCOc1ccccc1)CC(=O)N(C)Cc1ccc(Cl)s1. The predicted octanol–water partition coefficient (Wildman–Crippen LogP) is 3.37. The van der Waals surface area contributed by atoms with Gasteiger partial charge in [0.1, 0.15) is 12.4 Å². The summed E-state index contributed by atoms with van der Waals surface area (Å²) in [6, 6.07) is 13.5. The van der Waals surface area contributed by atoms with E-state index in [2.05, 4.69) is 0 Å². The Labute approximate surface area is 146 Å². The fourth-order valence-corrected chi connectivity index (χ4v) is 3.17. The Morgan fingerprint density at radius 1 is 1.17 bits per heavy atom. The molecule has 1 aromatic carbocycles. The lowest BCUT2D eigenvalue weighted by atomic mass is 10.3. The minimum Gasteiger partial charge on any atom is -0.492 e. The largest absolute Gasteiger partial charge is 0.492 e. The molecule has 2 aromatic rings. The fourth-order valence-electron chi connectivity index (χ4n) is 2.03. The standard InChI is InChI=1S/C17H21ClN2O2S/c1-19(10-11-22-14-6-4-3-5-7-14)13-17(21)20(2)12-15-8-9-16(18)23-15/h3-9H,10-13H2,1-2H3. The molecule has 2 rings (SSSR count). The first-order valence-corrected chi connectivity index (χ1v) is 8.58. The van der Waals surface area contributed by atoms with Gasteiger partial charge in [-0.05, 0) is 31.3 Å². The predicted molar refractivity (Wildman–Crippen MR) is 95.2 cm³/mol. The van der Waals surface area contributed by atoms with Gasteiger partial charge in [0.2, 0.25) is 5.91 Å². The summed E-state index contributed by atoms with van der Waals surface area (Å²) in [5.41, 5.74) is 0. The number of halogens is 1. The van der Waals surface area contributed by atoms with E-state index < -0.39 is 0 Å². The highest BCUT2D eigenvalue weighted by Crippen LogP contribution is 2.22. The van der Waals surface area contributed by atoms with Crippen LogP contribution < -0.4 is 4.74 Å². The number of rotatable bonds is 8. The zero-order valence-corrected chi connectivity index (χ0v) is 14.9. The Morgan fingerprint density at radius 2 is 1.91 bits per heavy atom. The van der Waals surface area contributed by atoms with Crippen molar-refractivity contribution in [3.8, 4) is 5.75 Å². The first kappa shape index (κ1) is 17.8. The molecule has 4 nitrogen and oxygen atoms in total. The van der Waals surface area contributed by atoms with Crippen molar-refractivity contribution in [3.05, 3.63) is 51.7 Å². The van der Waals surface area contributed by atoms with Gasteiger partial charge in [0.25, 0.3) is 0 Å². The summed E-state index contributed by atoms with van der Waals surface area (Å²) in [4.78, 5) is 17.0. The highest BCUT2D eigenvalue weighted by Gasteiger charge is 2.13. The average molecular weight is 353 g/mol. The first-order chi connectivity index (χ1) is 11.0. The van der Waals surface area contributed by atoms with Gasteiger partial charge in [0.15, 0.2) is 0 Å². The lowest BCUT2D eigenvalue weighted by Gasteiger charge is -2.21. The van der Waals surface area contributed by atoms with Crippen LogP contribution in [-0.2, 0) is 11.3 Å². The zero-order valence-electron chi connectivity index (χ0n) is 13.4. The summed E-state index contributed by atoms with van der Waals surface area (Å²) < 4.78 is 6.38. The molecule has 0 aliphatic rings. The lowest BCUT2D eigenvalue weighted by molar-refractivity contribution is -0.131. The summed E-state index contributed by atoms with van der Waals surface area (Å²) in [6.45, 7) is 2.20. The third-order valence-electron chi connectivity index (χ3n) is 3.34. The molecule has 0 radical (unpaired) electrons. The van der Waals surface area contributed by atoms with Gasteiger partial charge < -0.3 is 9.64 Å². The number of hydrogen-bond acceptors (Lipinski definition) is 4. The van der Waals surface area contributed by atoms with E-state index in [0.29, 0.717) is 26.2 Å². The number of ether oxygens (including phenoxy) is 1. The monoisotopic (exact) mass is 352 g/mol. The number of benzene rings is 1. The lowest BCUT2D eigenvalue weighted by Crippen LogP contribution is -2.37. The molecule has 0 saturated heterocycles. The van der Waals surface area contributed by atoms with Crippen LogP contribution in [0.3, 0.4) is 0 Å². The van der Waals surface area contributed by atoms with Crippen molar-refractivity contribution >= 4 is 28.8 Å². The van der Waals surface area contributed by atoms with Crippen molar-refractivity contribution in [1.29, 1.82) is 0 Å². The Hall–Kier alpha value is -1.56. The van der Waals surface area contributed by atoms with Gasteiger partial charge in [0, 0.05) is 18.5 Å². The number of likely N-dealkylation sites (N-methyl/N-ethyl adjacent to an activating group) is 2. The third kappa shape index (κ3) is 6.22. The van der Waals surface area contributed by atoms with Gasteiger partial charge in [-0.1, -0.05) is 29.8 Å². The van der Waals surface area contributed by atoms with Crippen LogP contribution in [0.4, 0.5) is 0 Å². The van der Waals surface area contributed by atoms with Crippen LogP contribution in [0.5, 0.6) is 5.75 Å². The van der Waals surface area contributed by atoms with E-state index in [1.54, 1.807) is 4.90 Å². The molecule has 0 N–H and O–H groups in total. The van der Waals surface area contributed by atoms with E-state index in [-0.39, 0.29) is 5.91 Å². The van der Waals surface area contributed by atoms with Crippen LogP contribution in [0.15, 0.2) is 42.5 Å². The summed E-state index contributed by atoms with van der Waals surface area (Å²) >= 11 is 7.41. The molecule has 0 saturated carbocycles. The van der Waals surface area contributed by atoms with E-state index in [0.717, 1.165) is 15.0 Å². The van der Waals surface area contributed by atoms with Crippen LogP contribution in [-0.4, -0.2) is 49.5 Å².